The summed E-state index contributed by atoms with van der Waals surface area (Å²) in [4.78, 5) is 12.2. The maximum absolute atomic E-state index is 12.2. The number of carbonyl (C=O) groups is 1. The van der Waals surface area contributed by atoms with Crippen molar-refractivity contribution in [3.05, 3.63) is 35.9 Å². The van der Waals surface area contributed by atoms with E-state index in [0.717, 1.165) is 0 Å². The SMILES string of the molecule is CCOC(=O)CC(C)C(O[Si](C)(C)C)(c1ccccc1)[Si](C)(C)C. The van der Waals surface area contributed by atoms with Crippen LogP contribution in [0.2, 0.25) is 39.3 Å². The Hall–Kier alpha value is -0.916. The van der Waals surface area contributed by atoms with Gasteiger partial charge in [-0.25, -0.2) is 0 Å². The summed E-state index contributed by atoms with van der Waals surface area (Å²) in [5, 5.41) is -0.397. The molecule has 0 aliphatic rings. The van der Waals surface area contributed by atoms with Crippen LogP contribution in [0.25, 0.3) is 0 Å². The van der Waals surface area contributed by atoms with E-state index in [4.69, 9.17) is 9.16 Å². The molecule has 0 spiro atoms. The highest BCUT2D eigenvalue weighted by Gasteiger charge is 2.52. The van der Waals surface area contributed by atoms with Crippen LogP contribution >= 0.6 is 0 Å². The zero-order valence-electron chi connectivity index (χ0n) is 16.6. The lowest BCUT2D eigenvalue weighted by atomic mass is 9.93. The molecule has 136 valence electrons. The molecule has 2 atom stereocenters. The van der Waals surface area contributed by atoms with Gasteiger partial charge in [0.1, 0.15) is 0 Å². The molecule has 0 radical (unpaired) electrons. The Morgan fingerprint density at radius 2 is 1.62 bits per heavy atom. The van der Waals surface area contributed by atoms with Crippen molar-refractivity contribution in [2.75, 3.05) is 6.61 Å². The molecule has 0 heterocycles. The number of benzene rings is 1. The zero-order chi connectivity index (χ0) is 18.6. The van der Waals surface area contributed by atoms with Gasteiger partial charge in [-0.1, -0.05) is 56.9 Å². The molecule has 3 nitrogen and oxygen atoms in total. The minimum absolute atomic E-state index is 0.0670. The van der Waals surface area contributed by atoms with Crippen LogP contribution in [-0.4, -0.2) is 29.0 Å². The third kappa shape index (κ3) is 5.04. The summed E-state index contributed by atoms with van der Waals surface area (Å²) in [5.74, 6) is -0.0694. The molecular formula is C19H34O3Si2. The van der Waals surface area contributed by atoms with E-state index in [0.29, 0.717) is 13.0 Å². The molecule has 0 saturated heterocycles. The normalized spacial score (nSPS) is 16.3. The van der Waals surface area contributed by atoms with Crippen LogP contribution in [0, 0.1) is 5.92 Å². The van der Waals surface area contributed by atoms with Crippen molar-refractivity contribution in [3.63, 3.8) is 0 Å². The quantitative estimate of drug-likeness (QED) is 0.468. The van der Waals surface area contributed by atoms with Crippen molar-refractivity contribution in [2.24, 2.45) is 5.92 Å². The Morgan fingerprint density at radius 1 is 1.08 bits per heavy atom. The molecule has 5 heteroatoms. The maximum Gasteiger partial charge on any atom is 0.306 e. The first-order chi connectivity index (χ1) is 10.9. The number of esters is 1. The number of ether oxygens (including phenoxy) is 1. The lowest BCUT2D eigenvalue weighted by Crippen LogP contribution is -2.59. The van der Waals surface area contributed by atoms with Crippen LogP contribution in [0.4, 0.5) is 0 Å². The minimum Gasteiger partial charge on any atom is -0.466 e. The largest absolute Gasteiger partial charge is 0.466 e. The van der Waals surface area contributed by atoms with Gasteiger partial charge in [-0.2, -0.15) is 0 Å². The van der Waals surface area contributed by atoms with E-state index in [1.165, 1.54) is 5.56 Å². The Labute approximate surface area is 149 Å². The second kappa shape index (κ2) is 7.98. The van der Waals surface area contributed by atoms with Gasteiger partial charge in [-0.05, 0) is 38.0 Å². The maximum atomic E-state index is 12.2. The van der Waals surface area contributed by atoms with Crippen LogP contribution in [0.5, 0.6) is 0 Å². The molecular weight excluding hydrogens is 332 g/mol. The summed E-state index contributed by atoms with van der Waals surface area (Å²) in [6.45, 7) is 18.1. The van der Waals surface area contributed by atoms with Crippen LogP contribution in [-0.2, 0) is 19.2 Å². The molecule has 0 amide bonds. The third-order valence-electron chi connectivity index (χ3n) is 4.26. The molecule has 0 fully saturated rings. The van der Waals surface area contributed by atoms with E-state index in [1.54, 1.807) is 0 Å². The fraction of sp³-hybridized carbons (Fsp3) is 0.632. The summed E-state index contributed by atoms with van der Waals surface area (Å²) in [6, 6.07) is 10.5. The van der Waals surface area contributed by atoms with Crippen molar-refractivity contribution in [2.45, 2.75) is 64.8 Å². The first-order valence-corrected chi connectivity index (χ1v) is 15.8. The molecule has 1 aromatic rings. The molecule has 0 bridgehead atoms. The third-order valence-corrected chi connectivity index (χ3v) is 8.51. The van der Waals surface area contributed by atoms with Crippen molar-refractivity contribution in [1.29, 1.82) is 0 Å². The van der Waals surface area contributed by atoms with Crippen LogP contribution in [0.3, 0.4) is 0 Å². The predicted molar refractivity (Wildman–Crippen MR) is 106 cm³/mol. The van der Waals surface area contributed by atoms with Crippen molar-refractivity contribution >= 4 is 22.4 Å². The van der Waals surface area contributed by atoms with Gasteiger partial charge in [0.15, 0.2) is 8.32 Å². The summed E-state index contributed by atoms with van der Waals surface area (Å²) in [7, 11) is -3.67. The van der Waals surface area contributed by atoms with Gasteiger partial charge in [0.2, 0.25) is 0 Å². The van der Waals surface area contributed by atoms with Crippen molar-refractivity contribution in [3.8, 4) is 0 Å². The highest BCUT2D eigenvalue weighted by atomic mass is 28.4. The molecule has 0 N–H and O–H groups in total. The van der Waals surface area contributed by atoms with E-state index >= 15 is 0 Å². The van der Waals surface area contributed by atoms with E-state index in [2.05, 4.69) is 70.5 Å². The molecule has 0 aromatic heterocycles. The standard InChI is InChI=1S/C19H34O3Si2/c1-9-21-18(20)15-16(2)19(23(3,4)5,22-24(6,7)8)17-13-11-10-12-14-17/h10-14,16H,9,15H2,1-8H3. The lowest BCUT2D eigenvalue weighted by molar-refractivity contribution is -0.145. The predicted octanol–water partition coefficient (Wildman–Crippen LogP) is 5.20. The first kappa shape index (κ1) is 21.1. The average Bonchev–Trinajstić information content (AvgIpc) is 2.43. The first-order valence-electron chi connectivity index (χ1n) is 8.85. The average molecular weight is 367 g/mol. The fourth-order valence-electron chi connectivity index (χ4n) is 3.55. The second-order valence-corrected chi connectivity index (χ2v) is 18.1. The summed E-state index contributed by atoms with van der Waals surface area (Å²) < 4.78 is 12.1. The highest BCUT2D eigenvalue weighted by Crippen LogP contribution is 2.45. The molecule has 0 aliphatic carbocycles. The number of hydrogen-bond acceptors (Lipinski definition) is 3. The Balaban J connectivity index is 3.44. The molecule has 1 rings (SSSR count). The van der Waals surface area contributed by atoms with Crippen LogP contribution < -0.4 is 0 Å². The van der Waals surface area contributed by atoms with E-state index in [9.17, 15) is 4.79 Å². The Bertz CT molecular complexity index is 532. The molecule has 2 unspecified atom stereocenters. The van der Waals surface area contributed by atoms with Gasteiger partial charge in [0.05, 0.1) is 26.3 Å². The van der Waals surface area contributed by atoms with Gasteiger partial charge >= 0.3 is 5.97 Å². The summed E-state index contributed by atoms with van der Waals surface area (Å²) in [5.41, 5.74) is 1.20. The Kier molecular flexibility index (Phi) is 7.02. The smallest absolute Gasteiger partial charge is 0.306 e. The van der Waals surface area contributed by atoms with Crippen molar-refractivity contribution in [1.82, 2.24) is 0 Å². The molecule has 0 saturated carbocycles. The van der Waals surface area contributed by atoms with Crippen molar-refractivity contribution < 1.29 is 14.0 Å². The minimum atomic E-state index is -1.84. The van der Waals surface area contributed by atoms with Gasteiger partial charge in [-0.15, -0.1) is 0 Å². The van der Waals surface area contributed by atoms with Crippen LogP contribution in [0.1, 0.15) is 25.8 Å². The Morgan fingerprint density at radius 3 is 2.04 bits per heavy atom. The second-order valence-electron chi connectivity index (χ2n) is 8.48. The number of rotatable bonds is 8. The number of carbonyl (C=O) groups excluding carboxylic acids is 1. The van der Waals surface area contributed by atoms with Crippen LogP contribution in [0.15, 0.2) is 30.3 Å². The van der Waals surface area contributed by atoms with E-state index in [-0.39, 0.29) is 11.9 Å². The summed E-state index contributed by atoms with van der Waals surface area (Å²) in [6.07, 6.45) is 0.386. The highest BCUT2D eigenvalue weighted by molar-refractivity contribution is 6.80. The molecule has 0 aliphatic heterocycles. The van der Waals surface area contributed by atoms with E-state index < -0.39 is 21.6 Å². The topological polar surface area (TPSA) is 35.5 Å². The number of hydrogen-bond donors (Lipinski definition) is 0. The van der Waals surface area contributed by atoms with E-state index in [1.807, 2.05) is 13.0 Å². The lowest BCUT2D eigenvalue weighted by Gasteiger charge is -2.51. The molecule has 24 heavy (non-hydrogen) atoms. The van der Waals surface area contributed by atoms with Gasteiger partial charge in [-0.3, -0.25) is 4.79 Å². The van der Waals surface area contributed by atoms with Gasteiger partial charge in [0, 0.05) is 0 Å². The monoisotopic (exact) mass is 366 g/mol. The molecule has 1 aromatic carbocycles. The summed E-state index contributed by atoms with van der Waals surface area (Å²) >= 11 is 0. The zero-order valence-corrected chi connectivity index (χ0v) is 18.6. The fourth-order valence-corrected chi connectivity index (χ4v) is 9.59. The van der Waals surface area contributed by atoms with Gasteiger partial charge < -0.3 is 9.16 Å². The van der Waals surface area contributed by atoms with Gasteiger partial charge in [0.25, 0.3) is 0 Å².